The van der Waals surface area contributed by atoms with Crippen LogP contribution < -0.4 is 4.74 Å². The van der Waals surface area contributed by atoms with Crippen LogP contribution in [-0.4, -0.2) is 36.4 Å². The molecule has 1 saturated carbocycles. The molecule has 0 aromatic carbocycles. The molecule has 8 nitrogen and oxygen atoms in total. The van der Waals surface area contributed by atoms with Crippen LogP contribution in [-0.2, 0) is 20.5 Å². The van der Waals surface area contributed by atoms with Crippen molar-refractivity contribution in [2.75, 3.05) is 13.2 Å². The van der Waals surface area contributed by atoms with E-state index in [0.29, 0.717) is 0 Å². The summed E-state index contributed by atoms with van der Waals surface area (Å²) >= 11 is 0. The number of alkyl halides is 3. The summed E-state index contributed by atoms with van der Waals surface area (Å²) in [7, 11) is -4.07. The van der Waals surface area contributed by atoms with E-state index in [4.69, 9.17) is 8.92 Å². The van der Waals surface area contributed by atoms with Gasteiger partial charge in [0.2, 0.25) is 5.88 Å². The van der Waals surface area contributed by atoms with Crippen molar-refractivity contribution in [3.05, 3.63) is 29.6 Å². The summed E-state index contributed by atoms with van der Waals surface area (Å²) in [4.78, 5) is 3.69. The predicted molar refractivity (Wildman–Crippen MR) is 107 cm³/mol. The van der Waals surface area contributed by atoms with Gasteiger partial charge in [-0.05, 0) is 36.8 Å². The van der Waals surface area contributed by atoms with E-state index >= 15 is 0 Å². The molecule has 2 heterocycles. The number of rotatable bonds is 8. The third-order valence-corrected chi connectivity index (χ3v) is 6.20. The Kier molecular flexibility index (Phi) is 7.09. The third-order valence-electron chi connectivity index (χ3n) is 4.94. The topological polar surface area (TPSA) is 107 Å². The molecule has 1 aliphatic carbocycles. The summed E-state index contributed by atoms with van der Waals surface area (Å²) in [6.45, 7) is 3.69. The van der Waals surface area contributed by atoms with Gasteiger partial charge in [-0.1, -0.05) is 26.7 Å². The van der Waals surface area contributed by atoms with Crippen LogP contribution in [0.4, 0.5) is 13.2 Å². The molecule has 2 aromatic heterocycles. The Hall–Kier alpha value is -2.65. The molecule has 1 fully saturated rings. The average molecular weight is 472 g/mol. The van der Waals surface area contributed by atoms with Gasteiger partial charge >= 0.3 is 6.18 Å². The molecule has 174 valence electrons. The van der Waals surface area contributed by atoms with Crippen molar-refractivity contribution < 1.29 is 30.5 Å². The maximum absolute atomic E-state index is 13.5. The Morgan fingerprint density at radius 1 is 1.28 bits per heavy atom. The van der Waals surface area contributed by atoms with Crippen LogP contribution in [0.1, 0.15) is 50.8 Å². The lowest BCUT2D eigenvalue weighted by Crippen LogP contribution is -2.13. The zero-order valence-corrected chi connectivity index (χ0v) is 18.4. The van der Waals surface area contributed by atoms with E-state index in [0.717, 1.165) is 42.6 Å². The minimum Gasteiger partial charge on any atom is -0.476 e. The standard InChI is InChI=1S/C20H23F3N4O4S/c1-13(2)11-31-32(28,29)15-7-8-17(25-10-15)27-19(30-12-14-5-3-4-6-14)16(9-24)18(26-27)20(21,22)23/h7-8,10,13-14H,3-6,11-12H2,1-2H3. The molecule has 2 aromatic rings. The zero-order chi connectivity index (χ0) is 23.5. The SMILES string of the molecule is CC(C)COS(=O)(=O)c1ccc(-n2nc(C(F)(F)F)c(C#N)c2OCC2CCCC2)nc1. The fourth-order valence-corrected chi connectivity index (χ4v) is 4.31. The van der Waals surface area contributed by atoms with Crippen LogP contribution in [0.5, 0.6) is 5.88 Å². The third kappa shape index (κ3) is 5.39. The second-order valence-electron chi connectivity index (χ2n) is 8.00. The first kappa shape index (κ1) is 24.0. The minimum atomic E-state index is -4.88. The van der Waals surface area contributed by atoms with E-state index in [9.17, 15) is 26.9 Å². The number of aromatic nitrogens is 3. The van der Waals surface area contributed by atoms with Crippen molar-refractivity contribution in [2.24, 2.45) is 11.8 Å². The Labute approximate surface area is 184 Å². The monoisotopic (exact) mass is 472 g/mol. The van der Waals surface area contributed by atoms with Crippen LogP contribution >= 0.6 is 0 Å². The molecule has 0 radical (unpaired) electrons. The van der Waals surface area contributed by atoms with Gasteiger partial charge in [-0.25, -0.2) is 4.98 Å². The van der Waals surface area contributed by atoms with Crippen LogP contribution in [0.2, 0.25) is 0 Å². The Morgan fingerprint density at radius 2 is 1.97 bits per heavy atom. The summed E-state index contributed by atoms with van der Waals surface area (Å²) in [5, 5.41) is 12.9. The Balaban J connectivity index is 1.96. The summed E-state index contributed by atoms with van der Waals surface area (Å²) in [5.41, 5.74) is -2.13. The quantitative estimate of drug-likeness (QED) is 0.533. The molecule has 0 saturated heterocycles. The summed E-state index contributed by atoms with van der Waals surface area (Å²) in [5.74, 6) is -0.337. The lowest BCUT2D eigenvalue weighted by Gasteiger charge is -2.13. The largest absolute Gasteiger partial charge is 0.476 e. The lowest BCUT2D eigenvalue weighted by molar-refractivity contribution is -0.141. The molecule has 3 rings (SSSR count). The Morgan fingerprint density at radius 3 is 2.50 bits per heavy atom. The van der Waals surface area contributed by atoms with Gasteiger partial charge in [0.25, 0.3) is 10.1 Å². The number of nitriles is 1. The highest BCUT2D eigenvalue weighted by Crippen LogP contribution is 2.37. The highest BCUT2D eigenvalue weighted by molar-refractivity contribution is 7.86. The molecule has 0 N–H and O–H groups in total. The first-order valence-corrected chi connectivity index (χ1v) is 11.5. The average Bonchev–Trinajstić information content (AvgIpc) is 3.38. The molecule has 0 amide bonds. The van der Waals surface area contributed by atoms with E-state index in [1.807, 2.05) is 0 Å². The van der Waals surface area contributed by atoms with Crippen molar-refractivity contribution >= 4 is 10.1 Å². The van der Waals surface area contributed by atoms with E-state index < -0.39 is 27.6 Å². The number of hydrogen-bond acceptors (Lipinski definition) is 7. The second kappa shape index (κ2) is 9.46. The van der Waals surface area contributed by atoms with Crippen molar-refractivity contribution in [1.29, 1.82) is 5.26 Å². The number of hydrogen-bond donors (Lipinski definition) is 0. The molecule has 0 atom stereocenters. The van der Waals surface area contributed by atoms with Gasteiger partial charge in [0.15, 0.2) is 11.5 Å². The van der Waals surface area contributed by atoms with Gasteiger partial charge in [0, 0.05) is 0 Å². The molecule has 0 spiro atoms. The first-order valence-electron chi connectivity index (χ1n) is 10.1. The van der Waals surface area contributed by atoms with E-state index in [2.05, 4.69) is 10.1 Å². The smallest absolute Gasteiger partial charge is 0.436 e. The molecule has 32 heavy (non-hydrogen) atoms. The van der Waals surface area contributed by atoms with Crippen molar-refractivity contribution in [3.63, 3.8) is 0 Å². The van der Waals surface area contributed by atoms with Gasteiger partial charge in [-0.3, -0.25) is 4.18 Å². The molecule has 0 aliphatic heterocycles. The van der Waals surface area contributed by atoms with Crippen molar-refractivity contribution in [2.45, 2.75) is 50.6 Å². The van der Waals surface area contributed by atoms with Gasteiger partial charge in [-0.2, -0.15) is 36.6 Å². The van der Waals surface area contributed by atoms with E-state index in [1.165, 1.54) is 12.1 Å². The molecular weight excluding hydrogens is 449 g/mol. The summed E-state index contributed by atoms with van der Waals surface area (Å²) < 4.78 is 76.2. The normalized spacial score (nSPS) is 15.3. The van der Waals surface area contributed by atoms with Gasteiger partial charge < -0.3 is 4.74 Å². The fourth-order valence-electron chi connectivity index (χ4n) is 3.30. The highest BCUT2D eigenvalue weighted by Gasteiger charge is 2.41. The van der Waals surface area contributed by atoms with Gasteiger partial charge in [0.1, 0.15) is 16.5 Å². The van der Waals surface area contributed by atoms with Crippen molar-refractivity contribution in [1.82, 2.24) is 14.8 Å². The second-order valence-corrected chi connectivity index (χ2v) is 9.61. The van der Waals surface area contributed by atoms with Crippen LogP contribution in [0.3, 0.4) is 0 Å². The summed E-state index contributed by atoms with van der Waals surface area (Å²) in [6, 6.07) is 3.86. The van der Waals surface area contributed by atoms with Crippen LogP contribution in [0.15, 0.2) is 23.2 Å². The molecule has 1 aliphatic rings. The van der Waals surface area contributed by atoms with Crippen LogP contribution in [0, 0.1) is 23.2 Å². The summed E-state index contributed by atoms with van der Waals surface area (Å²) in [6.07, 6.45) is -0.0969. The zero-order valence-electron chi connectivity index (χ0n) is 17.6. The maximum Gasteiger partial charge on any atom is 0.436 e. The highest BCUT2D eigenvalue weighted by atomic mass is 32.2. The van der Waals surface area contributed by atoms with E-state index in [-0.39, 0.29) is 41.6 Å². The number of halogens is 3. The van der Waals surface area contributed by atoms with E-state index in [1.54, 1.807) is 13.8 Å². The number of ether oxygens (including phenoxy) is 1. The van der Waals surface area contributed by atoms with Gasteiger partial charge in [0.05, 0.1) is 19.4 Å². The maximum atomic E-state index is 13.5. The molecule has 0 unspecified atom stereocenters. The first-order chi connectivity index (χ1) is 15.0. The number of pyridine rings is 1. The molecule has 0 bridgehead atoms. The molecular formula is C20H23F3N4O4S. The van der Waals surface area contributed by atoms with Crippen LogP contribution in [0.25, 0.3) is 5.82 Å². The molecule has 12 heteroatoms. The fraction of sp³-hybridized carbons (Fsp3) is 0.550. The lowest BCUT2D eigenvalue weighted by atomic mass is 10.1. The van der Waals surface area contributed by atoms with Gasteiger partial charge in [-0.15, -0.1) is 0 Å². The minimum absolute atomic E-state index is 0.0224. The predicted octanol–water partition coefficient (Wildman–Crippen LogP) is 4.09. The number of nitrogens with zero attached hydrogens (tertiary/aromatic N) is 4. The van der Waals surface area contributed by atoms with Crippen molar-refractivity contribution in [3.8, 4) is 17.8 Å². The Bertz CT molecular complexity index is 1080.